The summed E-state index contributed by atoms with van der Waals surface area (Å²) in [4.78, 5) is 23.3. The number of Topliss-reactive ketones (excluding diaryl/α,β-unsaturated/α-hetero) is 1. The maximum atomic E-state index is 12.0. The highest BCUT2D eigenvalue weighted by Gasteiger charge is 2.01. The Balaban J connectivity index is 1.52. The fourth-order valence-electron chi connectivity index (χ4n) is 2.56. The van der Waals surface area contributed by atoms with Crippen molar-refractivity contribution >= 4 is 23.5 Å². The summed E-state index contributed by atoms with van der Waals surface area (Å²) in [6, 6.07) is 24.3. The van der Waals surface area contributed by atoms with Crippen LogP contribution in [-0.2, 0) is 11.4 Å². The normalized spacial score (nSPS) is 10.6. The van der Waals surface area contributed by atoms with Gasteiger partial charge in [-0.2, -0.15) is 0 Å². The van der Waals surface area contributed by atoms with Crippen molar-refractivity contribution in [3.63, 3.8) is 0 Å². The number of nitrogens with one attached hydrogen (secondary N) is 1. The van der Waals surface area contributed by atoms with Crippen molar-refractivity contribution < 1.29 is 14.3 Å². The Hall–Kier alpha value is -3.66. The summed E-state index contributed by atoms with van der Waals surface area (Å²) in [5.74, 6) is 0.532. The topological polar surface area (TPSA) is 55.4 Å². The number of anilines is 1. The fourth-order valence-corrected chi connectivity index (χ4v) is 2.56. The maximum absolute atomic E-state index is 12.0. The second kappa shape index (κ2) is 9.33. The van der Waals surface area contributed by atoms with E-state index in [9.17, 15) is 9.59 Å². The Morgan fingerprint density at radius 3 is 2.21 bits per heavy atom. The van der Waals surface area contributed by atoms with Crippen LogP contribution in [0, 0.1) is 0 Å². The van der Waals surface area contributed by atoms with Gasteiger partial charge in [-0.15, -0.1) is 0 Å². The van der Waals surface area contributed by atoms with E-state index in [-0.39, 0.29) is 11.7 Å². The SMILES string of the molecule is CC(=O)c1ccc(NC(=O)/C=C/c2ccc(OCc3ccccc3)cc2)cc1. The zero-order valence-corrected chi connectivity index (χ0v) is 15.6. The van der Waals surface area contributed by atoms with Crippen LogP contribution in [0.4, 0.5) is 5.69 Å². The van der Waals surface area contributed by atoms with E-state index in [0.29, 0.717) is 17.9 Å². The molecule has 0 unspecified atom stereocenters. The third-order valence-electron chi connectivity index (χ3n) is 4.11. The third-order valence-corrected chi connectivity index (χ3v) is 4.11. The summed E-state index contributed by atoms with van der Waals surface area (Å²) in [5.41, 5.74) is 3.26. The van der Waals surface area contributed by atoms with Crippen LogP contribution in [0.1, 0.15) is 28.4 Å². The van der Waals surface area contributed by atoms with E-state index in [1.54, 1.807) is 30.3 Å². The lowest BCUT2D eigenvalue weighted by Crippen LogP contribution is -2.07. The Kier molecular flexibility index (Phi) is 6.37. The van der Waals surface area contributed by atoms with E-state index in [2.05, 4.69) is 5.32 Å². The van der Waals surface area contributed by atoms with Gasteiger partial charge in [0.2, 0.25) is 5.91 Å². The molecule has 4 nitrogen and oxygen atoms in total. The van der Waals surface area contributed by atoms with Crippen molar-refractivity contribution in [2.24, 2.45) is 0 Å². The Labute approximate surface area is 164 Å². The highest BCUT2D eigenvalue weighted by Crippen LogP contribution is 2.15. The van der Waals surface area contributed by atoms with Crippen LogP contribution in [0.5, 0.6) is 5.75 Å². The van der Waals surface area contributed by atoms with Crippen LogP contribution in [-0.4, -0.2) is 11.7 Å². The summed E-state index contributed by atoms with van der Waals surface area (Å²) in [6.45, 7) is 2.02. The van der Waals surface area contributed by atoms with Crippen LogP contribution in [0.25, 0.3) is 6.08 Å². The molecule has 140 valence electrons. The van der Waals surface area contributed by atoms with E-state index in [0.717, 1.165) is 16.9 Å². The molecule has 0 heterocycles. The Bertz CT molecular complexity index is 959. The summed E-state index contributed by atoms with van der Waals surface area (Å²) in [5, 5.41) is 2.77. The van der Waals surface area contributed by atoms with Crippen molar-refractivity contribution in [1.29, 1.82) is 0 Å². The molecule has 1 amide bonds. The Morgan fingerprint density at radius 2 is 1.57 bits per heavy atom. The first-order chi connectivity index (χ1) is 13.6. The van der Waals surface area contributed by atoms with E-state index in [1.807, 2.05) is 54.6 Å². The van der Waals surface area contributed by atoms with Crippen molar-refractivity contribution in [3.8, 4) is 5.75 Å². The van der Waals surface area contributed by atoms with Gasteiger partial charge in [-0.1, -0.05) is 42.5 Å². The molecule has 0 aliphatic carbocycles. The number of hydrogen-bond donors (Lipinski definition) is 1. The molecule has 0 radical (unpaired) electrons. The average Bonchev–Trinajstić information content (AvgIpc) is 2.72. The number of rotatable bonds is 7. The van der Waals surface area contributed by atoms with Gasteiger partial charge in [0.15, 0.2) is 5.78 Å². The number of amides is 1. The number of hydrogen-bond acceptors (Lipinski definition) is 3. The van der Waals surface area contributed by atoms with Crippen molar-refractivity contribution in [3.05, 3.63) is 102 Å². The van der Waals surface area contributed by atoms with Crippen LogP contribution < -0.4 is 10.1 Å². The van der Waals surface area contributed by atoms with Gasteiger partial charge in [-0.05, 0) is 60.5 Å². The van der Waals surface area contributed by atoms with Crippen LogP contribution in [0.2, 0.25) is 0 Å². The first kappa shape index (κ1) is 19.1. The van der Waals surface area contributed by atoms with Gasteiger partial charge in [0.25, 0.3) is 0 Å². The molecule has 0 bridgehead atoms. The quantitative estimate of drug-likeness (QED) is 0.463. The zero-order valence-electron chi connectivity index (χ0n) is 15.6. The van der Waals surface area contributed by atoms with Gasteiger partial charge < -0.3 is 10.1 Å². The van der Waals surface area contributed by atoms with Crippen LogP contribution >= 0.6 is 0 Å². The Morgan fingerprint density at radius 1 is 0.893 bits per heavy atom. The largest absolute Gasteiger partial charge is 0.489 e. The molecule has 0 aliphatic rings. The van der Waals surface area contributed by atoms with Gasteiger partial charge in [-0.25, -0.2) is 0 Å². The van der Waals surface area contributed by atoms with Crippen molar-refractivity contribution in [1.82, 2.24) is 0 Å². The summed E-state index contributed by atoms with van der Waals surface area (Å²) in [7, 11) is 0. The minimum absolute atomic E-state index is 0.00559. The molecule has 0 fully saturated rings. The monoisotopic (exact) mass is 371 g/mol. The minimum atomic E-state index is -0.236. The minimum Gasteiger partial charge on any atom is -0.489 e. The predicted molar refractivity (Wildman–Crippen MR) is 111 cm³/mol. The molecule has 1 N–H and O–H groups in total. The van der Waals surface area contributed by atoms with Gasteiger partial charge in [0.05, 0.1) is 0 Å². The lowest BCUT2D eigenvalue weighted by Gasteiger charge is -2.06. The predicted octanol–water partition coefficient (Wildman–Crippen LogP) is 5.12. The molecule has 4 heteroatoms. The van der Waals surface area contributed by atoms with Gasteiger partial charge >= 0.3 is 0 Å². The summed E-state index contributed by atoms with van der Waals surface area (Å²) < 4.78 is 5.75. The first-order valence-corrected chi connectivity index (χ1v) is 8.97. The van der Waals surface area contributed by atoms with Crippen molar-refractivity contribution in [2.75, 3.05) is 5.32 Å². The van der Waals surface area contributed by atoms with E-state index < -0.39 is 0 Å². The number of ether oxygens (including phenoxy) is 1. The fraction of sp³-hybridized carbons (Fsp3) is 0.0833. The second-order valence-corrected chi connectivity index (χ2v) is 6.30. The lowest BCUT2D eigenvalue weighted by molar-refractivity contribution is -0.111. The van der Waals surface area contributed by atoms with E-state index >= 15 is 0 Å². The number of carbonyl (C=O) groups is 2. The molecular weight excluding hydrogens is 350 g/mol. The molecule has 0 aliphatic heterocycles. The molecule has 0 saturated carbocycles. The molecule has 0 spiro atoms. The highest BCUT2D eigenvalue weighted by atomic mass is 16.5. The molecule has 0 aromatic heterocycles. The zero-order chi connectivity index (χ0) is 19.8. The highest BCUT2D eigenvalue weighted by molar-refractivity contribution is 6.02. The first-order valence-electron chi connectivity index (χ1n) is 8.97. The van der Waals surface area contributed by atoms with Gasteiger partial charge in [0, 0.05) is 17.3 Å². The van der Waals surface area contributed by atoms with Crippen LogP contribution in [0.3, 0.4) is 0 Å². The molecule has 3 aromatic carbocycles. The third kappa shape index (κ3) is 5.68. The molecule has 3 rings (SSSR count). The number of ketones is 1. The number of carbonyl (C=O) groups excluding carboxylic acids is 2. The van der Waals surface area contributed by atoms with Gasteiger partial charge in [-0.3, -0.25) is 9.59 Å². The standard InChI is InChI=1S/C24H21NO3/c1-18(26)21-10-12-22(13-11-21)25-24(27)16-9-19-7-14-23(15-8-19)28-17-20-5-3-2-4-6-20/h2-16H,17H2,1H3,(H,25,27)/b16-9+. The average molecular weight is 371 g/mol. The smallest absolute Gasteiger partial charge is 0.248 e. The van der Waals surface area contributed by atoms with E-state index in [1.165, 1.54) is 13.0 Å². The molecule has 0 saturated heterocycles. The summed E-state index contributed by atoms with van der Waals surface area (Å²) in [6.07, 6.45) is 3.21. The molecular formula is C24H21NO3. The summed E-state index contributed by atoms with van der Waals surface area (Å²) >= 11 is 0. The maximum Gasteiger partial charge on any atom is 0.248 e. The molecule has 28 heavy (non-hydrogen) atoms. The number of benzene rings is 3. The van der Waals surface area contributed by atoms with E-state index in [4.69, 9.17) is 4.74 Å². The molecule has 0 atom stereocenters. The van der Waals surface area contributed by atoms with Crippen molar-refractivity contribution in [2.45, 2.75) is 13.5 Å². The van der Waals surface area contributed by atoms with Crippen LogP contribution in [0.15, 0.2) is 84.9 Å². The lowest BCUT2D eigenvalue weighted by atomic mass is 10.1. The second-order valence-electron chi connectivity index (χ2n) is 6.30. The molecule has 3 aromatic rings. The van der Waals surface area contributed by atoms with Gasteiger partial charge in [0.1, 0.15) is 12.4 Å².